The number of carbonyl (C=O) groups excluding carboxylic acids is 2. The highest BCUT2D eigenvalue weighted by Crippen LogP contribution is 2.28. The van der Waals surface area contributed by atoms with Gasteiger partial charge in [-0.1, -0.05) is 41.4 Å². The molecule has 3 aromatic rings. The van der Waals surface area contributed by atoms with Crippen LogP contribution in [0.3, 0.4) is 0 Å². The Kier molecular flexibility index (Phi) is 5.16. The van der Waals surface area contributed by atoms with Gasteiger partial charge in [0.1, 0.15) is 4.88 Å². The minimum absolute atomic E-state index is 0.354. The van der Waals surface area contributed by atoms with E-state index in [0.29, 0.717) is 15.5 Å². The van der Waals surface area contributed by atoms with Crippen molar-refractivity contribution in [3.05, 3.63) is 81.0 Å². The number of hydrazine groups is 1. The SMILES string of the molecule is Cc1ccc(-c2ccsc2C(=O)NNC(=O)c2ccc(Cl)cc2)cc1. The maximum Gasteiger partial charge on any atom is 0.280 e. The Morgan fingerprint density at radius 3 is 2.20 bits per heavy atom. The molecule has 1 aromatic heterocycles. The average Bonchev–Trinajstić information content (AvgIpc) is 3.10. The molecule has 0 spiro atoms. The van der Waals surface area contributed by atoms with Gasteiger partial charge in [0.2, 0.25) is 0 Å². The summed E-state index contributed by atoms with van der Waals surface area (Å²) >= 11 is 7.12. The van der Waals surface area contributed by atoms with Gasteiger partial charge in [0.05, 0.1) is 0 Å². The molecule has 6 heteroatoms. The van der Waals surface area contributed by atoms with E-state index in [4.69, 9.17) is 11.6 Å². The van der Waals surface area contributed by atoms with Crippen molar-refractivity contribution in [2.45, 2.75) is 6.92 Å². The summed E-state index contributed by atoms with van der Waals surface area (Å²) in [6.07, 6.45) is 0. The molecule has 0 saturated carbocycles. The van der Waals surface area contributed by atoms with Crippen LogP contribution in [0.15, 0.2) is 60.0 Å². The number of amides is 2. The molecule has 0 saturated heterocycles. The maximum absolute atomic E-state index is 12.4. The fourth-order valence-electron chi connectivity index (χ4n) is 2.29. The van der Waals surface area contributed by atoms with Crippen molar-refractivity contribution in [2.75, 3.05) is 0 Å². The van der Waals surface area contributed by atoms with E-state index >= 15 is 0 Å². The van der Waals surface area contributed by atoms with Crippen LogP contribution in [0.1, 0.15) is 25.6 Å². The predicted octanol–water partition coefficient (Wildman–Crippen LogP) is 4.45. The second kappa shape index (κ2) is 7.51. The molecular weight excluding hydrogens is 356 g/mol. The predicted molar refractivity (Wildman–Crippen MR) is 101 cm³/mol. The first-order chi connectivity index (χ1) is 12.0. The number of hydrogen-bond acceptors (Lipinski definition) is 3. The molecule has 0 aliphatic heterocycles. The van der Waals surface area contributed by atoms with Crippen LogP contribution in [0.25, 0.3) is 11.1 Å². The molecule has 0 unspecified atom stereocenters. The van der Waals surface area contributed by atoms with E-state index in [0.717, 1.165) is 16.7 Å². The van der Waals surface area contributed by atoms with Crippen LogP contribution in [0, 0.1) is 6.92 Å². The summed E-state index contributed by atoms with van der Waals surface area (Å²) in [5.41, 5.74) is 8.24. The maximum atomic E-state index is 12.4. The summed E-state index contributed by atoms with van der Waals surface area (Å²) in [4.78, 5) is 25.0. The van der Waals surface area contributed by atoms with Crippen molar-refractivity contribution >= 4 is 34.8 Å². The molecule has 0 aliphatic rings. The van der Waals surface area contributed by atoms with E-state index in [1.165, 1.54) is 11.3 Å². The van der Waals surface area contributed by atoms with Crippen LogP contribution < -0.4 is 10.9 Å². The molecule has 0 atom stereocenters. The van der Waals surface area contributed by atoms with E-state index in [-0.39, 0.29) is 5.91 Å². The van der Waals surface area contributed by atoms with Crippen molar-refractivity contribution in [3.8, 4) is 11.1 Å². The molecule has 0 bridgehead atoms. The first-order valence-electron chi connectivity index (χ1n) is 7.55. The van der Waals surface area contributed by atoms with Gasteiger partial charge in [0, 0.05) is 16.1 Å². The van der Waals surface area contributed by atoms with Crippen molar-refractivity contribution in [3.63, 3.8) is 0 Å². The zero-order chi connectivity index (χ0) is 17.8. The van der Waals surface area contributed by atoms with Gasteiger partial charge >= 0.3 is 0 Å². The third-order valence-corrected chi connectivity index (χ3v) is 4.80. The molecule has 3 rings (SSSR count). The molecule has 4 nitrogen and oxygen atoms in total. The Morgan fingerprint density at radius 2 is 1.52 bits per heavy atom. The van der Waals surface area contributed by atoms with E-state index in [9.17, 15) is 9.59 Å². The zero-order valence-electron chi connectivity index (χ0n) is 13.4. The summed E-state index contributed by atoms with van der Waals surface area (Å²) in [5, 5.41) is 2.40. The van der Waals surface area contributed by atoms with E-state index in [1.807, 2.05) is 42.6 Å². The second-order valence-electron chi connectivity index (χ2n) is 5.44. The van der Waals surface area contributed by atoms with E-state index in [1.54, 1.807) is 24.3 Å². The number of nitrogens with one attached hydrogen (secondary N) is 2. The topological polar surface area (TPSA) is 58.2 Å². The number of rotatable bonds is 3. The van der Waals surface area contributed by atoms with Gasteiger partial charge in [0.25, 0.3) is 11.8 Å². The second-order valence-corrected chi connectivity index (χ2v) is 6.80. The summed E-state index contributed by atoms with van der Waals surface area (Å²) in [7, 11) is 0. The van der Waals surface area contributed by atoms with Crippen molar-refractivity contribution in [1.82, 2.24) is 10.9 Å². The number of aryl methyl sites for hydroxylation is 1. The first kappa shape index (κ1) is 17.2. The standard InChI is InChI=1S/C19H15ClN2O2S/c1-12-2-4-13(5-3-12)16-10-11-25-17(16)19(24)22-21-18(23)14-6-8-15(20)9-7-14/h2-11H,1H3,(H,21,23)(H,22,24). The normalized spacial score (nSPS) is 10.3. The minimum atomic E-state index is -0.404. The molecule has 2 N–H and O–H groups in total. The number of benzene rings is 2. The smallest absolute Gasteiger partial charge is 0.267 e. The third-order valence-electron chi connectivity index (χ3n) is 3.63. The van der Waals surface area contributed by atoms with Crippen LogP contribution >= 0.6 is 22.9 Å². The van der Waals surface area contributed by atoms with Gasteiger partial charge in [-0.05, 0) is 48.2 Å². The van der Waals surface area contributed by atoms with Gasteiger partial charge in [-0.25, -0.2) is 0 Å². The highest BCUT2D eigenvalue weighted by atomic mass is 35.5. The monoisotopic (exact) mass is 370 g/mol. The van der Waals surface area contributed by atoms with Gasteiger partial charge < -0.3 is 0 Å². The Hall–Kier alpha value is -2.63. The first-order valence-corrected chi connectivity index (χ1v) is 8.81. The summed E-state index contributed by atoms with van der Waals surface area (Å²) in [6, 6.07) is 16.2. The van der Waals surface area contributed by atoms with Crippen molar-refractivity contribution < 1.29 is 9.59 Å². The minimum Gasteiger partial charge on any atom is -0.267 e. The number of halogens is 1. The van der Waals surface area contributed by atoms with Crippen LogP contribution in [-0.4, -0.2) is 11.8 Å². The fraction of sp³-hybridized carbons (Fsp3) is 0.0526. The highest BCUT2D eigenvalue weighted by molar-refractivity contribution is 7.12. The molecule has 25 heavy (non-hydrogen) atoms. The lowest BCUT2D eigenvalue weighted by molar-refractivity contribution is 0.0849. The van der Waals surface area contributed by atoms with Gasteiger partial charge in [-0.3, -0.25) is 20.4 Å². The molecular formula is C19H15ClN2O2S. The average molecular weight is 371 g/mol. The number of carbonyl (C=O) groups is 2. The molecule has 0 radical (unpaired) electrons. The van der Waals surface area contributed by atoms with Gasteiger partial charge in [-0.2, -0.15) is 0 Å². The van der Waals surface area contributed by atoms with Crippen LogP contribution in [0.5, 0.6) is 0 Å². The molecule has 2 aromatic carbocycles. The molecule has 126 valence electrons. The zero-order valence-corrected chi connectivity index (χ0v) is 14.9. The third kappa shape index (κ3) is 4.07. The molecule has 0 fully saturated rings. The summed E-state index contributed by atoms with van der Waals surface area (Å²) < 4.78 is 0. The van der Waals surface area contributed by atoms with Crippen LogP contribution in [-0.2, 0) is 0 Å². The highest BCUT2D eigenvalue weighted by Gasteiger charge is 2.15. The van der Waals surface area contributed by atoms with Gasteiger partial charge in [0.15, 0.2) is 0 Å². The number of thiophene rings is 1. The fourth-order valence-corrected chi connectivity index (χ4v) is 3.23. The Balaban J connectivity index is 1.70. The summed E-state index contributed by atoms with van der Waals surface area (Å²) in [5.74, 6) is -0.758. The van der Waals surface area contributed by atoms with Crippen LogP contribution in [0.2, 0.25) is 5.02 Å². The Bertz CT molecular complexity index is 902. The lowest BCUT2D eigenvalue weighted by Crippen LogP contribution is -2.41. The van der Waals surface area contributed by atoms with E-state index < -0.39 is 5.91 Å². The van der Waals surface area contributed by atoms with Gasteiger partial charge in [-0.15, -0.1) is 11.3 Å². The Morgan fingerprint density at radius 1 is 0.880 bits per heavy atom. The lowest BCUT2D eigenvalue weighted by Gasteiger charge is -2.08. The van der Waals surface area contributed by atoms with Crippen LogP contribution in [0.4, 0.5) is 0 Å². The summed E-state index contributed by atoms with van der Waals surface area (Å²) in [6.45, 7) is 2.01. The molecule has 0 aliphatic carbocycles. The largest absolute Gasteiger partial charge is 0.280 e. The molecule has 2 amide bonds. The lowest BCUT2D eigenvalue weighted by atomic mass is 10.1. The van der Waals surface area contributed by atoms with Crippen molar-refractivity contribution in [1.29, 1.82) is 0 Å². The van der Waals surface area contributed by atoms with Crippen molar-refractivity contribution in [2.24, 2.45) is 0 Å². The molecule has 1 heterocycles. The Labute approximate surface area is 154 Å². The quantitative estimate of drug-likeness (QED) is 0.669. The van der Waals surface area contributed by atoms with E-state index in [2.05, 4.69) is 10.9 Å². The number of hydrogen-bond donors (Lipinski definition) is 2.